The number of carbonyl (C=O) groups is 1. The lowest BCUT2D eigenvalue weighted by Crippen LogP contribution is -2.27. The Bertz CT molecular complexity index is 196. The molecule has 1 aliphatic rings. The Morgan fingerprint density at radius 2 is 1.93 bits per heavy atom. The van der Waals surface area contributed by atoms with E-state index in [0.717, 1.165) is 32.5 Å². The lowest BCUT2D eigenvalue weighted by molar-refractivity contribution is -0.127. The summed E-state index contributed by atoms with van der Waals surface area (Å²) in [6, 6.07) is 0. The number of rotatable bonds is 7. The third kappa shape index (κ3) is 4.18. The minimum Gasteiger partial charge on any atom is -0.342 e. The molecule has 1 saturated heterocycles. The van der Waals surface area contributed by atoms with Crippen molar-refractivity contribution in [1.82, 2.24) is 4.90 Å². The van der Waals surface area contributed by atoms with Crippen LogP contribution in [0.4, 0.5) is 0 Å². The van der Waals surface area contributed by atoms with Gasteiger partial charge in [-0.1, -0.05) is 12.8 Å². The second kappa shape index (κ2) is 6.80. The van der Waals surface area contributed by atoms with Gasteiger partial charge in [0.2, 0.25) is 5.91 Å². The van der Waals surface area contributed by atoms with E-state index in [2.05, 4.69) is 0 Å². The zero-order chi connectivity index (χ0) is 11.1. The smallest absolute Gasteiger partial charge is 0.222 e. The van der Waals surface area contributed by atoms with Gasteiger partial charge in [0.1, 0.15) is 0 Å². The third-order valence-electron chi connectivity index (χ3n) is 3.01. The molecule has 4 heteroatoms. The molecule has 1 rings (SSSR count). The highest BCUT2D eigenvalue weighted by Crippen LogP contribution is 2.17. The molecule has 1 aliphatic heterocycles. The van der Waals surface area contributed by atoms with Crippen molar-refractivity contribution < 1.29 is 4.79 Å². The van der Waals surface area contributed by atoms with E-state index in [1.807, 2.05) is 4.90 Å². The summed E-state index contributed by atoms with van der Waals surface area (Å²) in [5, 5.41) is 0. The maximum absolute atomic E-state index is 11.5. The zero-order valence-corrected chi connectivity index (χ0v) is 9.45. The van der Waals surface area contributed by atoms with E-state index in [1.54, 1.807) is 0 Å². The van der Waals surface area contributed by atoms with Crippen molar-refractivity contribution in [1.29, 1.82) is 0 Å². The van der Waals surface area contributed by atoms with Gasteiger partial charge in [-0.05, 0) is 31.8 Å². The molecule has 0 saturated carbocycles. The Morgan fingerprint density at radius 3 is 2.53 bits per heavy atom. The molecular weight excluding hydrogens is 190 g/mol. The summed E-state index contributed by atoms with van der Waals surface area (Å²) in [5.41, 5.74) is 11.0. The maximum atomic E-state index is 11.5. The van der Waals surface area contributed by atoms with Crippen molar-refractivity contribution in [3.63, 3.8) is 0 Å². The van der Waals surface area contributed by atoms with Gasteiger partial charge in [-0.3, -0.25) is 4.79 Å². The molecule has 0 aromatic heterocycles. The number of amides is 1. The van der Waals surface area contributed by atoms with Crippen LogP contribution in [0.5, 0.6) is 0 Å². The predicted octanol–water partition coefficient (Wildman–Crippen LogP) is 0.313. The molecule has 1 atom stereocenters. The van der Waals surface area contributed by atoms with Crippen LogP contribution in [0.3, 0.4) is 0 Å². The van der Waals surface area contributed by atoms with Crippen LogP contribution in [-0.2, 0) is 4.79 Å². The van der Waals surface area contributed by atoms with Crippen LogP contribution in [0.1, 0.15) is 32.1 Å². The van der Waals surface area contributed by atoms with E-state index >= 15 is 0 Å². The second-order valence-electron chi connectivity index (χ2n) is 4.35. The molecule has 15 heavy (non-hydrogen) atoms. The fourth-order valence-corrected chi connectivity index (χ4v) is 2.03. The van der Waals surface area contributed by atoms with Crippen LogP contribution in [-0.4, -0.2) is 37.0 Å². The molecule has 4 N–H and O–H groups in total. The van der Waals surface area contributed by atoms with Crippen molar-refractivity contribution in [2.75, 3.05) is 26.2 Å². The maximum Gasteiger partial charge on any atom is 0.222 e. The van der Waals surface area contributed by atoms with Crippen molar-refractivity contribution in [3.8, 4) is 0 Å². The normalized spacial score (nSPS) is 21.3. The van der Waals surface area contributed by atoms with Gasteiger partial charge in [0, 0.05) is 19.5 Å². The molecular formula is C11H23N3O. The van der Waals surface area contributed by atoms with Gasteiger partial charge < -0.3 is 16.4 Å². The second-order valence-corrected chi connectivity index (χ2v) is 4.35. The number of carbonyl (C=O) groups excluding carboxylic acids is 1. The number of unbranched alkanes of at least 4 members (excludes halogenated alkanes) is 3. The van der Waals surface area contributed by atoms with Gasteiger partial charge in [-0.15, -0.1) is 0 Å². The molecule has 4 nitrogen and oxygen atoms in total. The van der Waals surface area contributed by atoms with Crippen LogP contribution in [0, 0.1) is 5.92 Å². The fourth-order valence-electron chi connectivity index (χ4n) is 2.03. The molecule has 0 aromatic rings. The van der Waals surface area contributed by atoms with Crippen molar-refractivity contribution in [2.45, 2.75) is 32.1 Å². The summed E-state index contributed by atoms with van der Waals surface area (Å²) < 4.78 is 0. The van der Waals surface area contributed by atoms with E-state index in [9.17, 15) is 4.79 Å². The number of hydrogen-bond acceptors (Lipinski definition) is 3. The zero-order valence-electron chi connectivity index (χ0n) is 9.45. The quantitative estimate of drug-likeness (QED) is 0.598. The van der Waals surface area contributed by atoms with Crippen LogP contribution in [0.25, 0.3) is 0 Å². The molecule has 0 aliphatic carbocycles. The standard InChI is InChI=1S/C11H23N3O/c12-5-3-1-2-4-6-14-9-10(8-13)7-11(14)15/h10H,1-9,12-13H2. The first-order valence-corrected chi connectivity index (χ1v) is 5.95. The minimum atomic E-state index is 0.282. The first-order valence-electron chi connectivity index (χ1n) is 5.95. The van der Waals surface area contributed by atoms with E-state index in [-0.39, 0.29) is 5.91 Å². The first kappa shape index (κ1) is 12.5. The van der Waals surface area contributed by atoms with Gasteiger partial charge in [-0.25, -0.2) is 0 Å². The van der Waals surface area contributed by atoms with Crippen LogP contribution < -0.4 is 11.5 Å². The van der Waals surface area contributed by atoms with Crippen LogP contribution in [0.2, 0.25) is 0 Å². The van der Waals surface area contributed by atoms with E-state index in [4.69, 9.17) is 11.5 Å². The highest BCUT2D eigenvalue weighted by Gasteiger charge is 2.27. The van der Waals surface area contributed by atoms with Crippen LogP contribution >= 0.6 is 0 Å². The largest absolute Gasteiger partial charge is 0.342 e. The van der Waals surface area contributed by atoms with Crippen molar-refractivity contribution >= 4 is 5.91 Å². The van der Waals surface area contributed by atoms with Crippen molar-refractivity contribution in [3.05, 3.63) is 0 Å². The molecule has 88 valence electrons. The molecule has 0 radical (unpaired) electrons. The highest BCUT2D eigenvalue weighted by atomic mass is 16.2. The number of hydrogen-bond donors (Lipinski definition) is 2. The molecule has 0 spiro atoms. The predicted molar refractivity (Wildman–Crippen MR) is 61.3 cm³/mol. The Hall–Kier alpha value is -0.610. The number of nitrogens with zero attached hydrogens (tertiary/aromatic N) is 1. The Labute approximate surface area is 92.0 Å². The summed E-state index contributed by atoms with van der Waals surface area (Å²) in [6.07, 6.45) is 5.20. The molecule has 0 bridgehead atoms. The van der Waals surface area contributed by atoms with E-state index in [1.165, 1.54) is 12.8 Å². The Balaban J connectivity index is 2.08. The van der Waals surface area contributed by atoms with Crippen LogP contribution in [0.15, 0.2) is 0 Å². The summed E-state index contributed by atoms with van der Waals surface area (Å²) in [5.74, 6) is 0.672. The fraction of sp³-hybridized carbons (Fsp3) is 0.909. The topological polar surface area (TPSA) is 72.3 Å². The number of likely N-dealkylation sites (tertiary alicyclic amines) is 1. The van der Waals surface area contributed by atoms with Crippen molar-refractivity contribution in [2.24, 2.45) is 17.4 Å². The van der Waals surface area contributed by atoms with Gasteiger partial charge >= 0.3 is 0 Å². The summed E-state index contributed by atoms with van der Waals surface area (Å²) >= 11 is 0. The summed E-state index contributed by atoms with van der Waals surface area (Å²) in [4.78, 5) is 13.5. The summed E-state index contributed by atoms with van der Waals surface area (Å²) in [6.45, 7) is 3.18. The minimum absolute atomic E-state index is 0.282. The molecule has 1 amide bonds. The molecule has 0 aromatic carbocycles. The SMILES string of the molecule is NCCCCCCN1CC(CN)CC1=O. The van der Waals surface area contributed by atoms with Gasteiger partial charge in [-0.2, -0.15) is 0 Å². The first-order chi connectivity index (χ1) is 7.27. The Morgan fingerprint density at radius 1 is 1.20 bits per heavy atom. The average molecular weight is 213 g/mol. The van der Waals surface area contributed by atoms with E-state index in [0.29, 0.717) is 18.9 Å². The van der Waals surface area contributed by atoms with E-state index < -0.39 is 0 Å². The van der Waals surface area contributed by atoms with Gasteiger partial charge in [0.05, 0.1) is 0 Å². The lowest BCUT2D eigenvalue weighted by Gasteiger charge is -2.15. The average Bonchev–Trinajstić information content (AvgIpc) is 2.59. The molecule has 1 heterocycles. The highest BCUT2D eigenvalue weighted by molar-refractivity contribution is 5.78. The number of nitrogens with two attached hydrogens (primary N) is 2. The lowest BCUT2D eigenvalue weighted by atomic mass is 10.1. The monoisotopic (exact) mass is 213 g/mol. The van der Waals surface area contributed by atoms with Gasteiger partial charge in [0.15, 0.2) is 0 Å². The molecule has 1 fully saturated rings. The molecule has 1 unspecified atom stereocenters. The van der Waals surface area contributed by atoms with Gasteiger partial charge in [0.25, 0.3) is 0 Å². The summed E-state index contributed by atoms with van der Waals surface area (Å²) in [7, 11) is 0. The third-order valence-corrected chi connectivity index (χ3v) is 3.01. The Kier molecular flexibility index (Phi) is 5.65.